The largest absolute Gasteiger partial charge is 0.469 e. The molecule has 10 heteroatoms. The topological polar surface area (TPSA) is 96.0 Å². The lowest BCUT2D eigenvalue weighted by atomic mass is 9.48. The van der Waals surface area contributed by atoms with Gasteiger partial charge in [-0.1, -0.05) is 11.6 Å². The smallest absolute Gasteiger partial charge is 0.311 e. The summed E-state index contributed by atoms with van der Waals surface area (Å²) in [5.74, 6) is 1.03. The summed E-state index contributed by atoms with van der Waals surface area (Å²) in [7, 11) is -2.13. The van der Waals surface area contributed by atoms with Crippen molar-refractivity contribution in [3.8, 4) is 0 Å². The van der Waals surface area contributed by atoms with Gasteiger partial charge in [0, 0.05) is 37.2 Å². The second-order valence-corrected chi connectivity index (χ2v) is 14.0. The van der Waals surface area contributed by atoms with Crippen molar-refractivity contribution >= 4 is 33.5 Å². The zero-order chi connectivity index (χ0) is 25.9. The van der Waals surface area contributed by atoms with Crippen LogP contribution < -0.4 is 5.32 Å². The molecule has 5 fully saturated rings. The van der Waals surface area contributed by atoms with Gasteiger partial charge in [-0.3, -0.25) is 14.5 Å². The molecule has 1 heterocycles. The number of rotatable bonds is 6. The number of hydrogen-bond donors (Lipinski definition) is 1. The van der Waals surface area contributed by atoms with Crippen LogP contribution in [0.4, 0.5) is 0 Å². The average Bonchev–Trinajstić information content (AvgIpc) is 2.85. The zero-order valence-electron chi connectivity index (χ0n) is 21.2. The van der Waals surface area contributed by atoms with Crippen molar-refractivity contribution in [3.63, 3.8) is 0 Å². The van der Waals surface area contributed by atoms with Crippen molar-refractivity contribution in [1.29, 1.82) is 0 Å². The quantitative estimate of drug-likeness (QED) is 0.561. The number of halogens is 1. The van der Waals surface area contributed by atoms with Crippen molar-refractivity contribution in [3.05, 3.63) is 29.3 Å². The van der Waals surface area contributed by atoms with Crippen LogP contribution in [0.1, 0.15) is 46.0 Å². The first-order valence-corrected chi connectivity index (χ1v) is 14.7. The first-order valence-electron chi connectivity index (χ1n) is 12.9. The Balaban J connectivity index is 1.22. The maximum atomic E-state index is 13.6. The summed E-state index contributed by atoms with van der Waals surface area (Å²) >= 11 is 5.91. The van der Waals surface area contributed by atoms with E-state index in [-0.39, 0.29) is 28.2 Å². The summed E-state index contributed by atoms with van der Waals surface area (Å²) in [6, 6.07) is 6.29. The molecule has 0 radical (unpaired) electrons. The number of esters is 1. The van der Waals surface area contributed by atoms with Gasteiger partial charge in [0.15, 0.2) is 0 Å². The van der Waals surface area contributed by atoms with Gasteiger partial charge < -0.3 is 10.1 Å². The van der Waals surface area contributed by atoms with E-state index < -0.39 is 15.6 Å². The Bertz CT molecular complexity index is 1110. The number of carbonyl (C=O) groups excluding carboxylic acids is 2. The third kappa shape index (κ3) is 4.36. The zero-order valence-corrected chi connectivity index (χ0v) is 22.8. The van der Waals surface area contributed by atoms with Crippen LogP contribution in [-0.4, -0.2) is 74.4 Å². The molecule has 4 bridgehead atoms. The minimum absolute atomic E-state index is 0.0268. The number of hydrogen-bond acceptors (Lipinski definition) is 6. The first kappa shape index (κ1) is 25.9. The van der Waals surface area contributed by atoms with Gasteiger partial charge in [-0.2, -0.15) is 4.31 Å². The highest BCUT2D eigenvalue weighted by Gasteiger charge is 2.59. The summed E-state index contributed by atoms with van der Waals surface area (Å²) in [6.45, 7) is 5.41. The second-order valence-electron chi connectivity index (χ2n) is 11.6. The van der Waals surface area contributed by atoms with Crippen LogP contribution in [0, 0.1) is 23.2 Å². The highest BCUT2D eigenvalue weighted by molar-refractivity contribution is 7.89. The van der Waals surface area contributed by atoms with Gasteiger partial charge in [0.25, 0.3) is 0 Å². The van der Waals surface area contributed by atoms with E-state index in [1.807, 2.05) is 13.8 Å². The Kier molecular flexibility index (Phi) is 6.67. The highest BCUT2D eigenvalue weighted by atomic mass is 35.5. The fraction of sp³-hybridized carbons (Fsp3) is 0.692. The molecule has 1 aromatic carbocycles. The maximum absolute atomic E-state index is 13.6. The number of nitrogens with one attached hydrogen (secondary N) is 1. The van der Waals surface area contributed by atoms with Crippen LogP contribution in [0.2, 0.25) is 5.02 Å². The summed E-state index contributed by atoms with van der Waals surface area (Å²) in [5, 5.41) is 3.86. The fourth-order valence-electron chi connectivity index (χ4n) is 7.44. The van der Waals surface area contributed by atoms with Crippen LogP contribution in [-0.2, 0) is 24.3 Å². The molecular weight excluding hydrogens is 502 g/mol. The van der Waals surface area contributed by atoms with E-state index in [2.05, 4.69) is 10.2 Å². The van der Waals surface area contributed by atoms with Gasteiger partial charge in [-0.05, 0) is 88.0 Å². The van der Waals surface area contributed by atoms with Crippen molar-refractivity contribution in [2.75, 3.05) is 33.3 Å². The van der Waals surface area contributed by atoms with Crippen LogP contribution in [0.15, 0.2) is 29.2 Å². The predicted molar refractivity (Wildman–Crippen MR) is 136 cm³/mol. The Morgan fingerprint density at radius 3 is 2.17 bits per heavy atom. The summed E-state index contributed by atoms with van der Waals surface area (Å²) in [5.41, 5.74) is -1.14. The molecule has 1 saturated heterocycles. The molecule has 8 nitrogen and oxygen atoms in total. The van der Waals surface area contributed by atoms with Crippen LogP contribution in [0.5, 0.6) is 0 Å². The van der Waals surface area contributed by atoms with Crippen molar-refractivity contribution in [2.24, 2.45) is 23.2 Å². The lowest BCUT2D eigenvalue weighted by molar-refractivity contribution is -0.171. The summed E-state index contributed by atoms with van der Waals surface area (Å²) < 4.78 is 32.7. The minimum atomic E-state index is -3.61. The van der Waals surface area contributed by atoms with E-state index in [0.717, 1.165) is 32.1 Å². The standard InChI is InChI=1S/C26H36ClN3O5S/c1-25(2,29-8-10-30(11-9-29)36(33,34)21-6-4-20(27)5-7-21)23(31)28-22-18-12-17-13-19(22)16-26(14-17,15-18)24(32)35-3/h4-7,17-19,22H,8-16H2,1-3H3,(H,28,31). The van der Waals surface area contributed by atoms with E-state index in [1.165, 1.54) is 23.5 Å². The number of sulfonamides is 1. The van der Waals surface area contributed by atoms with E-state index in [9.17, 15) is 18.0 Å². The third-order valence-electron chi connectivity index (χ3n) is 9.23. The van der Waals surface area contributed by atoms with Gasteiger partial charge in [-0.25, -0.2) is 8.42 Å². The van der Waals surface area contributed by atoms with Crippen LogP contribution >= 0.6 is 11.6 Å². The Labute approximate surface area is 218 Å². The highest BCUT2D eigenvalue weighted by Crippen LogP contribution is 2.60. The third-order valence-corrected chi connectivity index (χ3v) is 11.4. The molecule has 2 atom stereocenters. The van der Waals surface area contributed by atoms with E-state index in [4.69, 9.17) is 16.3 Å². The maximum Gasteiger partial charge on any atom is 0.311 e. The molecule has 5 aliphatic rings. The lowest BCUT2D eigenvalue weighted by Gasteiger charge is -2.59. The van der Waals surface area contributed by atoms with Gasteiger partial charge in [0.1, 0.15) is 0 Å². The number of ether oxygens (including phenoxy) is 1. The normalized spacial score (nSPS) is 32.9. The van der Waals surface area contributed by atoms with Crippen molar-refractivity contribution in [1.82, 2.24) is 14.5 Å². The average molecular weight is 538 g/mol. The Hall–Kier alpha value is -1.68. The number of piperazine rings is 1. The van der Waals surface area contributed by atoms with Gasteiger partial charge >= 0.3 is 5.97 Å². The molecule has 1 amide bonds. The van der Waals surface area contributed by atoms with Gasteiger partial charge in [-0.15, -0.1) is 0 Å². The Morgan fingerprint density at radius 2 is 1.61 bits per heavy atom. The second kappa shape index (κ2) is 9.26. The number of benzene rings is 1. The number of nitrogens with zero attached hydrogens (tertiary/aromatic N) is 2. The monoisotopic (exact) mass is 537 g/mol. The molecule has 6 rings (SSSR count). The van der Waals surface area contributed by atoms with Crippen molar-refractivity contribution < 1.29 is 22.7 Å². The number of carbonyl (C=O) groups is 2. The molecule has 4 saturated carbocycles. The molecule has 1 aliphatic heterocycles. The van der Waals surface area contributed by atoms with Crippen molar-refractivity contribution in [2.45, 2.75) is 62.4 Å². The van der Waals surface area contributed by atoms with Gasteiger partial charge in [0.05, 0.1) is 23.0 Å². The predicted octanol–water partition coefficient (Wildman–Crippen LogP) is 2.91. The Morgan fingerprint density at radius 1 is 1.03 bits per heavy atom. The molecule has 0 spiro atoms. The summed E-state index contributed by atoms with van der Waals surface area (Å²) in [6.07, 6.45) is 4.62. The number of amides is 1. The molecule has 198 valence electrons. The number of methoxy groups -OCH3 is 1. The molecule has 1 aromatic rings. The first-order chi connectivity index (χ1) is 17.0. The van der Waals surface area contributed by atoms with Gasteiger partial charge in [0.2, 0.25) is 15.9 Å². The molecule has 0 aromatic heterocycles. The van der Waals surface area contributed by atoms with Crippen LogP contribution in [0.25, 0.3) is 0 Å². The van der Waals surface area contributed by atoms with E-state index in [0.29, 0.717) is 49.0 Å². The molecule has 36 heavy (non-hydrogen) atoms. The SMILES string of the molecule is COC(=O)C12CC3CC(C1)C(NC(=O)C(C)(C)N1CCN(S(=O)(=O)c4ccc(Cl)cc4)CC1)C(C3)C2. The lowest BCUT2D eigenvalue weighted by Crippen LogP contribution is -2.66. The fourth-order valence-corrected chi connectivity index (χ4v) is 8.99. The molecule has 4 aliphatic carbocycles. The van der Waals surface area contributed by atoms with Crippen LogP contribution in [0.3, 0.4) is 0 Å². The van der Waals surface area contributed by atoms with E-state index in [1.54, 1.807) is 12.1 Å². The molecule has 2 unspecified atom stereocenters. The molecule has 1 N–H and O–H groups in total. The minimum Gasteiger partial charge on any atom is -0.469 e. The summed E-state index contributed by atoms with van der Waals surface area (Å²) in [4.78, 5) is 28.5. The molecular formula is C26H36ClN3O5S. The van der Waals surface area contributed by atoms with E-state index >= 15 is 0 Å².